The monoisotopic (exact) mass is 282 g/mol. The summed E-state index contributed by atoms with van der Waals surface area (Å²) in [5.74, 6) is 0. The highest BCUT2D eigenvalue weighted by atomic mass is 32.1. The van der Waals surface area contributed by atoms with Gasteiger partial charge < -0.3 is 15.1 Å². The third-order valence-electron chi connectivity index (χ3n) is 3.70. The lowest BCUT2D eigenvalue weighted by atomic mass is 10.3. The first-order chi connectivity index (χ1) is 9.31. The van der Waals surface area contributed by atoms with E-state index >= 15 is 0 Å². The topological polar surface area (TPSA) is 31.4 Å². The summed E-state index contributed by atoms with van der Waals surface area (Å²) >= 11 is 1.86. The van der Waals surface area contributed by atoms with Gasteiger partial charge in [-0.05, 0) is 13.1 Å². The Kier molecular flexibility index (Phi) is 6.23. The van der Waals surface area contributed by atoms with Crippen molar-refractivity contribution < 1.29 is 0 Å². The van der Waals surface area contributed by atoms with Gasteiger partial charge in [0, 0.05) is 56.8 Å². The molecule has 0 amide bonds. The van der Waals surface area contributed by atoms with Crippen LogP contribution in [-0.2, 0) is 13.0 Å². The first kappa shape index (κ1) is 14.9. The van der Waals surface area contributed by atoms with E-state index in [2.05, 4.69) is 33.9 Å². The number of nitrogens with zero attached hydrogens (tertiary/aromatic N) is 3. The van der Waals surface area contributed by atoms with Gasteiger partial charge in [0.05, 0.1) is 5.01 Å². The van der Waals surface area contributed by atoms with E-state index in [4.69, 9.17) is 0 Å². The van der Waals surface area contributed by atoms with Gasteiger partial charge in [0.25, 0.3) is 0 Å². The van der Waals surface area contributed by atoms with Gasteiger partial charge in [-0.3, -0.25) is 0 Å². The zero-order valence-electron chi connectivity index (χ0n) is 12.2. The number of piperazine rings is 1. The van der Waals surface area contributed by atoms with Crippen LogP contribution in [0.5, 0.6) is 0 Å². The Morgan fingerprint density at radius 3 is 2.63 bits per heavy atom. The van der Waals surface area contributed by atoms with Crippen molar-refractivity contribution in [2.75, 3.05) is 45.8 Å². The lowest BCUT2D eigenvalue weighted by molar-refractivity contribution is 0.138. The second kappa shape index (κ2) is 7.94. The lowest BCUT2D eigenvalue weighted by Crippen LogP contribution is -2.46. The van der Waals surface area contributed by atoms with Gasteiger partial charge in [0.2, 0.25) is 0 Å². The van der Waals surface area contributed by atoms with E-state index in [9.17, 15) is 0 Å². The predicted octanol–water partition coefficient (Wildman–Crippen LogP) is 1.43. The molecule has 0 unspecified atom stereocenters. The fourth-order valence-corrected chi connectivity index (χ4v) is 3.26. The van der Waals surface area contributed by atoms with Crippen LogP contribution in [0.1, 0.15) is 23.7 Å². The molecule has 1 aromatic heterocycles. The highest BCUT2D eigenvalue weighted by Gasteiger charge is 2.15. The van der Waals surface area contributed by atoms with Crippen molar-refractivity contribution in [2.45, 2.75) is 26.8 Å². The van der Waals surface area contributed by atoms with Gasteiger partial charge >= 0.3 is 0 Å². The highest BCUT2D eigenvalue weighted by Crippen LogP contribution is 2.14. The zero-order chi connectivity index (χ0) is 13.5. The van der Waals surface area contributed by atoms with Crippen LogP contribution >= 0.6 is 11.3 Å². The van der Waals surface area contributed by atoms with Gasteiger partial charge in [-0.25, -0.2) is 4.98 Å². The molecule has 0 spiro atoms. The van der Waals surface area contributed by atoms with Crippen LogP contribution in [0.4, 0.5) is 0 Å². The molecule has 1 fully saturated rings. The summed E-state index contributed by atoms with van der Waals surface area (Å²) in [6, 6.07) is 0. The maximum absolute atomic E-state index is 4.53. The summed E-state index contributed by atoms with van der Waals surface area (Å²) in [7, 11) is 0. The van der Waals surface area contributed by atoms with Crippen molar-refractivity contribution >= 4 is 11.3 Å². The van der Waals surface area contributed by atoms with Crippen molar-refractivity contribution in [3.05, 3.63) is 16.1 Å². The quantitative estimate of drug-likeness (QED) is 0.820. The molecule has 0 bridgehead atoms. The smallest absolute Gasteiger partial charge is 0.0940 e. The molecule has 0 saturated carbocycles. The molecule has 1 saturated heterocycles. The van der Waals surface area contributed by atoms with E-state index in [0.717, 1.165) is 26.1 Å². The van der Waals surface area contributed by atoms with Crippen molar-refractivity contribution in [3.63, 3.8) is 0 Å². The highest BCUT2D eigenvalue weighted by molar-refractivity contribution is 7.11. The molecule has 0 radical (unpaired) electrons. The molecular formula is C14H26N4S. The largest absolute Gasteiger partial charge is 0.312 e. The number of thiazole rings is 1. The minimum absolute atomic E-state index is 0.962. The number of aromatic nitrogens is 1. The predicted molar refractivity (Wildman–Crippen MR) is 81.8 cm³/mol. The Hall–Kier alpha value is -0.490. The summed E-state index contributed by atoms with van der Waals surface area (Å²) in [5.41, 5.74) is 0. The summed E-state index contributed by atoms with van der Waals surface area (Å²) in [6.45, 7) is 13.6. The SMILES string of the molecule is CCNCc1cnc(CCN2CCN(CC)CC2)s1. The van der Waals surface area contributed by atoms with Gasteiger partial charge in [0.15, 0.2) is 0 Å². The van der Waals surface area contributed by atoms with Crippen molar-refractivity contribution in [2.24, 2.45) is 0 Å². The average Bonchev–Trinajstić information content (AvgIpc) is 2.91. The molecule has 0 aliphatic carbocycles. The lowest BCUT2D eigenvalue weighted by Gasteiger charge is -2.33. The summed E-state index contributed by atoms with van der Waals surface area (Å²) < 4.78 is 0. The van der Waals surface area contributed by atoms with Crippen LogP contribution in [0.15, 0.2) is 6.20 Å². The normalized spacial score (nSPS) is 18.0. The maximum atomic E-state index is 4.53. The van der Waals surface area contributed by atoms with Crippen molar-refractivity contribution in [3.8, 4) is 0 Å². The average molecular weight is 282 g/mol. The molecule has 5 heteroatoms. The third kappa shape index (κ3) is 4.84. The van der Waals surface area contributed by atoms with Crippen LogP contribution in [-0.4, -0.2) is 60.6 Å². The molecule has 2 rings (SSSR count). The van der Waals surface area contributed by atoms with Crippen LogP contribution in [0.25, 0.3) is 0 Å². The Labute approximate surface area is 120 Å². The molecule has 1 aliphatic heterocycles. The Bertz CT molecular complexity index is 358. The first-order valence-corrected chi connectivity index (χ1v) is 8.22. The number of hydrogen-bond acceptors (Lipinski definition) is 5. The molecule has 4 nitrogen and oxygen atoms in total. The Balaban J connectivity index is 1.69. The number of likely N-dealkylation sites (N-methyl/N-ethyl adjacent to an activating group) is 1. The van der Waals surface area contributed by atoms with E-state index in [1.807, 2.05) is 17.5 Å². The van der Waals surface area contributed by atoms with E-state index in [0.29, 0.717) is 0 Å². The standard InChI is InChI=1S/C14H26N4S/c1-3-15-11-13-12-16-14(19-13)5-6-18-9-7-17(4-2)8-10-18/h12,15H,3-11H2,1-2H3. The van der Waals surface area contributed by atoms with Crippen LogP contribution < -0.4 is 5.32 Å². The third-order valence-corrected chi connectivity index (χ3v) is 4.76. The molecule has 108 valence electrons. The van der Waals surface area contributed by atoms with E-state index in [-0.39, 0.29) is 0 Å². The number of nitrogens with one attached hydrogen (secondary N) is 1. The number of hydrogen-bond donors (Lipinski definition) is 1. The Morgan fingerprint density at radius 1 is 1.21 bits per heavy atom. The second-order valence-corrected chi connectivity index (χ2v) is 6.23. The minimum atomic E-state index is 0.962. The number of rotatable bonds is 7. The van der Waals surface area contributed by atoms with E-state index in [1.54, 1.807) is 0 Å². The molecule has 2 heterocycles. The van der Waals surface area contributed by atoms with Crippen LogP contribution in [0.3, 0.4) is 0 Å². The van der Waals surface area contributed by atoms with E-state index in [1.165, 1.54) is 42.6 Å². The van der Waals surface area contributed by atoms with Crippen LogP contribution in [0, 0.1) is 0 Å². The van der Waals surface area contributed by atoms with Crippen molar-refractivity contribution in [1.82, 2.24) is 20.1 Å². The molecule has 0 atom stereocenters. The van der Waals surface area contributed by atoms with Gasteiger partial charge in [0.1, 0.15) is 0 Å². The summed E-state index contributed by atoms with van der Waals surface area (Å²) in [4.78, 5) is 11.0. The first-order valence-electron chi connectivity index (χ1n) is 7.40. The fraction of sp³-hybridized carbons (Fsp3) is 0.786. The fourth-order valence-electron chi connectivity index (χ4n) is 2.38. The molecule has 19 heavy (non-hydrogen) atoms. The molecule has 1 aliphatic rings. The molecule has 0 aromatic carbocycles. The summed E-state index contributed by atoms with van der Waals surface area (Å²) in [6.07, 6.45) is 3.13. The van der Waals surface area contributed by atoms with Crippen LogP contribution in [0.2, 0.25) is 0 Å². The molecule has 1 N–H and O–H groups in total. The minimum Gasteiger partial charge on any atom is -0.312 e. The maximum Gasteiger partial charge on any atom is 0.0940 e. The zero-order valence-corrected chi connectivity index (χ0v) is 13.0. The van der Waals surface area contributed by atoms with Crippen molar-refractivity contribution in [1.29, 1.82) is 0 Å². The van der Waals surface area contributed by atoms with E-state index < -0.39 is 0 Å². The van der Waals surface area contributed by atoms with Gasteiger partial charge in [-0.15, -0.1) is 11.3 Å². The molecular weight excluding hydrogens is 256 g/mol. The second-order valence-electron chi connectivity index (χ2n) is 5.03. The Morgan fingerprint density at radius 2 is 1.95 bits per heavy atom. The molecule has 1 aromatic rings. The van der Waals surface area contributed by atoms with Gasteiger partial charge in [-0.2, -0.15) is 0 Å². The van der Waals surface area contributed by atoms with Gasteiger partial charge in [-0.1, -0.05) is 13.8 Å². The summed E-state index contributed by atoms with van der Waals surface area (Å²) in [5, 5.41) is 4.63.